The van der Waals surface area contributed by atoms with Crippen LogP contribution in [-0.2, 0) is 5.88 Å². The third-order valence-electron chi connectivity index (χ3n) is 1.98. The van der Waals surface area contributed by atoms with E-state index in [1.807, 2.05) is 6.92 Å². The second-order valence-electron chi connectivity index (χ2n) is 3.10. The van der Waals surface area contributed by atoms with Crippen LogP contribution in [0.2, 0.25) is 0 Å². The van der Waals surface area contributed by atoms with Gasteiger partial charge in [-0.3, -0.25) is 0 Å². The second kappa shape index (κ2) is 3.94. The van der Waals surface area contributed by atoms with Gasteiger partial charge in [0.05, 0.1) is 5.88 Å². The van der Waals surface area contributed by atoms with Crippen LogP contribution >= 0.6 is 11.6 Å². The Bertz CT molecular complexity index is 483. The van der Waals surface area contributed by atoms with E-state index in [1.165, 1.54) is 10.7 Å². The second-order valence-corrected chi connectivity index (χ2v) is 3.36. The Kier molecular flexibility index (Phi) is 2.64. The Hall–Kier alpha value is -1.49. The molecule has 0 N–H and O–H groups in total. The number of benzene rings is 1. The molecule has 0 amide bonds. The Morgan fingerprint density at radius 2 is 2.27 bits per heavy atom. The van der Waals surface area contributed by atoms with Gasteiger partial charge in [0.1, 0.15) is 11.5 Å². The first-order valence-corrected chi connectivity index (χ1v) is 4.85. The van der Waals surface area contributed by atoms with Crippen molar-refractivity contribution in [1.29, 1.82) is 0 Å². The molecule has 0 spiro atoms. The van der Waals surface area contributed by atoms with E-state index >= 15 is 0 Å². The number of hydrogen-bond acceptors (Lipinski definition) is 3. The van der Waals surface area contributed by atoms with Gasteiger partial charge in [0.15, 0.2) is 5.82 Å². The first kappa shape index (κ1) is 10.0. The first-order chi connectivity index (χ1) is 7.22. The van der Waals surface area contributed by atoms with Gasteiger partial charge in [-0.1, -0.05) is 6.07 Å². The summed E-state index contributed by atoms with van der Waals surface area (Å²) < 4.78 is 14.9. The number of aryl methyl sites for hydroxylation is 1. The van der Waals surface area contributed by atoms with E-state index < -0.39 is 0 Å². The molecule has 0 fully saturated rings. The van der Waals surface area contributed by atoms with Gasteiger partial charge in [-0.2, -0.15) is 4.68 Å². The lowest BCUT2D eigenvalue weighted by atomic mass is 10.2. The molecule has 0 unspecified atom stereocenters. The van der Waals surface area contributed by atoms with E-state index in [1.54, 1.807) is 12.1 Å². The minimum Gasteiger partial charge on any atom is -0.205 e. The van der Waals surface area contributed by atoms with Crippen molar-refractivity contribution < 1.29 is 4.39 Å². The van der Waals surface area contributed by atoms with Crippen molar-refractivity contribution >= 4 is 11.6 Å². The molecule has 0 aliphatic carbocycles. The number of rotatable bonds is 2. The summed E-state index contributed by atoms with van der Waals surface area (Å²) in [5, 5.41) is 10.8. The zero-order valence-corrected chi connectivity index (χ0v) is 8.74. The Balaban J connectivity index is 2.54. The fourth-order valence-electron chi connectivity index (χ4n) is 1.26. The first-order valence-electron chi connectivity index (χ1n) is 4.32. The van der Waals surface area contributed by atoms with Crippen molar-refractivity contribution in [2.24, 2.45) is 0 Å². The number of halogens is 2. The maximum absolute atomic E-state index is 13.6. The summed E-state index contributed by atoms with van der Waals surface area (Å²) >= 11 is 5.62. The van der Waals surface area contributed by atoms with Crippen LogP contribution in [0, 0.1) is 12.7 Å². The molecule has 0 aliphatic heterocycles. The maximum atomic E-state index is 13.6. The van der Waals surface area contributed by atoms with Crippen molar-refractivity contribution in [3.05, 3.63) is 35.4 Å². The maximum Gasteiger partial charge on any atom is 0.171 e. The van der Waals surface area contributed by atoms with E-state index in [0.717, 1.165) is 5.56 Å². The topological polar surface area (TPSA) is 43.6 Å². The average Bonchev–Trinajstić information content (AvgIpc) is 2.65. The van der Waals surface area contributed by atoms with E-state index in [0.29, 0.717) is 11.5 Å². The molecule has 15 heavy (non-hydrogen) atoms. The Morgan fingerprint density at radius 1 is 1.47 bits per heavy atom. The summed E-state index contributed by atoms with van der Waals surface area (Å²) in [6, 6.07) is 4.84. The van der Waals surface area contributed by atoms with Crippen molar-refractivity contribution in [3.63, 3.8) is 0 Å². The van der Waals surface area contributed by atoms with E-state index in [2.05, 4.69) is 15.5 Å². The van der Waals surface area contributed by atoms with Crippen molar-refractivity contribution in [1.82, 2.24) is 20.2 Å². The number of tetrazole rings is 1. The Morgan fingerprint density at radius 3 is 2.93 bits per heavy atom. The van der Waals surface area contributed by atoms with Crippen LogP contribution < -0.4 is 0 Å². The third-order valence-corrected chi connectivity index (χ3v) is 2.22. The SMILES string of the molecule is Cc1ccc(-n2nnnc2CCl)c(F)c1. The molecule has 1 aromatic carbocycles. The summed E-state index contributed by atoms with van der Waals surface area (Å²) in [7, 11) is 0. The van der Waals surface area contributed by atoms with Crippen LogP contribution in [0.5, 0.6) is 0 Å². The molecule has 0 saturated heterocycles. The molecule has 6 heteroatoms. The third kappa shape index (κ3) is 1.83. The van der Waals surface area contributed by atoms with Gasteiger partial charge >= 0.3 is 0 Å². The smallest absolute Gasteiger partial charge is 0.171 e. The van der Waals surface area contributed by atoms with Crippen LogP contribution in [0.4, 0.5) is 4.39 Å². The number of alkyl halides is 1. The summed E-state index contributed by atoms with van der Waals surface area (Å²) in [5.74, 6) is 0.188. The minimum absolute atomic E-state index is 0.139. The van der Waals surface area contributed by atoms with Crippen LogP contribution in [0.15, 0.2) is 18.2 Å². The molecule has 2 aromatic rings. The Labute approximate surface area is 90.7 Å². The number of nitrogens with zero attached hydrogens (tertiary/aromatic N) is 4. The van der Waals surface area contributed by atoms with E-state index in [4.69, 9.17) is 11.6 Å². The van der Waals surface area contributed by atoms with Gasteiger partial charge in [0.2, 0.25) is 0 Å². The highest BCUT2D eigenvalue weighted by Gasteiger charge is 2.10. The van der Waals surface area contributed by atoms with Gasteiger partial charge in [-0.25, -0.2) is 4.39 Å². The quantitative estimate of drug-likeness (QED) is 0.734. The summed E-state index contributed by atoms with van der Waals surface area (Å²) in [4.78, 5) is 0. The van der Waals surface area contributed by atoms with Gasteiger partial charge in [0.25, 0.3) is 0 Å². The summed E-state index contributed by atoms with van der Waals surface area (Å²) in [6.07, 6.45) is 0. The average molecular weight is 227 g/mol. The van der Waals surface area contributed by atoms with E-state index in [-0.39, 0.29) is 11.7 Å². The predicted molar refractivity (Wildman–Crippen MR) is 53.4 cm³/mol. The molecule has 2 rings (SSSR count). The lowest BCUT2D eigenvalue weighted by Crippen LogP contribution is -2.04. The molecule has 0 bridgehead atoms. The summed E-state index contributed by atoms with van der Waals surface area (Å²) in [5.41, 5.74) is 1.15. The highest BCUT2D eigenvalue weighted by atomic mass is 35.5. The van der Waals surface area contributed by atoms with Crippen molar-refractivity contribution in [3.8, 4) is 5.69 Å². The van der Waals surface area contributed by atoms with Gasteiger partial charge in [-0.15, -0.1) is 16.7 Å². The fourth-order valence-corrected chi connectivity index (χ4v) is 1.43. The van der Waals surface area contributed by atoms with Crippen molar-refractivity contribution in [2.75, 3.05) is 0 Å². The molecule has 0 atom stereocenters. The lowest BCUT2D eigenvalue weighted by Gasteiger charge is -2.04. The van der Waals surface area contributed by atoms with Crippen LogP contribution in [0.25, 0.3) is 5.69 Å². The zero-order valence-electron chi connectivity index (χ0n) is 7.98. The molecule has 1 aromatic heterocycles. The standard InChI is InChI=1S/C9H8ClFN4/c1-6-2-3-8(7(11)4-6)15-9(5-10)12-13-14-15/h2-4H,5H2,1H3. The molecule has 4 nitrogen and oxygen atoms in total. The monoisotopic (exact) mass is 226 g/mol. The molecular weight excluding hydrogens is 219 g/mol. The molecule has 0 radical (unpaired) electrons. The fraction of sp³-hybridized carbons (Fsp3) is 0.222. The minimum atomic E-state index is -0.367. The highest BCUT2D eigenvalue weighted by molar-refractivity contribution is 6.16. The highest BCUT2D eigenvalue weighted by Crippen LogP contribution is 2.15. The number of hydrogen-bond donors (Lipinski definition) is 0. The molecular formula is C9H8ClFN4. The normalized spacial score (nSPS) is 10.6. The van der Waals surface area contributed by atoms with Crippen LogP contribution in [0.3, 0.4) is 0 Å². The van der Waals surface area contributed by atoms with Gasteiger partial charge < -0.3 is 0 Å². The largest absolute Gasteiger partial charge is 0.205 e. The zero-order chi connectivity index (χ0) is 10.8. The van der Waals surface area contributed by atoms with E-state index in [9.17, 15) is 4.39 Å². The van der Waals surface area contributed by atoms with Crippen molar-refractivity contribution in [2.45, 2.75) is 12.8 Å². The lowest BCUT2D eigenvalue weighted by molar-refractivity contribution is 0.603. The van der Waals surface area contributed by atoms with Crippen LogP contribution in [0.1, 0.15) is 11.4 Å². The molecule has 0 saturated carbocycles. The molecule has 0 aliphatic rings. The van der Waals surface area contributed by atoms with Gasteiger partial charge in [-0.05, 0) is 35.0 Å². The molecule has 78 valence electrons. The molecule has 1 heterocycles. The number of aromatic nitrogens is 4. The predicted octanol–water partition coefficient (Wildman–Crippen LogP) is 1.85. The van der Waals surface area contributed by atoms with Crippen LogP contribution in [-0.4, -0.2) is 20.2 Å². The summed E-state index contributed by atoms with van der Waals surface area (Å²) in [6.45, 7) is 1.81. The van der Waals surface area contributed by atoms with Gasteiger partial charge in [0, 0.05) is 0 Å².